The van der Waals surface area contributed by atoms with Gasteiger partial charge in [-0.25, -0.2) is 9.78 Å². The van der Waals surface area contributed by atoms with E-state index in [-0.39, 0.29) is 13.2 Å². The number of urea groups is 1. The smallest absolute Gasteiger partial charge is 0.315 e. The molecule has 104 valence electrons. The molecule has 1 aromatic heterocycles. The van der Waals surface area contributed by atoms with Crippen molar-refractivity contribution in [3.8, 4) is 0 Å². The lowest BCUT2D eigenvalue weighted by molar-refractivity contribution is -0.142. The van der Waals surface area contributed by atoms with Crippen LogP contribution in [0.1, 0.15) is 5.82 Å². The van der Waals surface area contributed by atoms with Crippen LogP contribution in [0.5, 0.6) is 0 Å². The summed E-state index contributed by atoms with van der Waals surface area (Å²) in [5, 5.41) is 20.5. The van der Waals surface area contributed by atoms with Crippen LogP contribution in [0.25, 0.3) is 0 Å². The molecule has 19 heavy (non-hydrogen) atoms. The van der Waals surface area contributed by atoms with E-state index < -0.39 is 24.0 Å². The maximum absolute atomic E-state index is 11.6. The van der Waals surface area contributed by atoms with Gasteiger partial charge in [-0.05, 0) is 0 Å². The van der Waals surface area contributed by atoms with E-state index in [9.17, 15) is 9.59 Å². The summed E-state index contributed by atoms with van der Waals surface area (Å²) >= 11 is 0. The van der Waals surface area contributed by atoms with Crippen molar-refractivity contribution in [3.05, 3.63) is 12.2 Å². The number of nitrogens with one attached hydrogen (secondary N) is 3. The molecular weight excluding hydrogens is 254 g/mol. The molecule has 1 aliphatic rings. The molecule has 2 rings (SSSR count). The molecule has 0 radical (unpaired) electrons. The van der Waals surface area contributed by atoms with Crippen molar-refractivity contribution in [1.82, 2.24) is 25.8 Å². The lowest BCUT2D eigenvalue weighted by Gasteiger charge is -2.15. The Morgan fingerprint density at radius 2 is 2.37 bits per heavy atom. The molecule has 1 fully saturated rings. The van der Waals surface area contributed by atoms with E-state index in [0.29, 0.717) is 18.8 Å². The summed E-state index contributed by atoms with van der Waals surface area (Å²) in [7, 11) is 0. The Labute approximate surface area is 108 Å². The van der Waals surface area contributed by atoms with Crippen LogP contribution in [-0.4, -0.2) is 58.1 Å². The summed E-state index contributed by atoms with van der Waals surface area (Å²) in [5.74, 6) is -0.989. The fourth-order valence-electron chi connectivity index (χ4n) is 1.81. The number of hydrogen-bond acceptors (Lipinski definition) is 5. The molecule has 2 unspecified atom stereocenters. The Hall–Kier alpha value is -2.16. The van der Waals surface area contributed by atoms with Crippen LogP contribution in [0, 0.1) is 5.92 Å². The number of nitrogens with zero attached hydrogens (tertiary/aromatic N) is 2. The summed E-state index contributed by atoms with van der Waals surface area (Å²) in [5.41, 5.74) is 0. The Morgan fingerprint density at radius 3 is 3.05 bits per heavy atom. The zero-order valence-electron chi connectivity index (χ0n) is 10.1. The lowest BCUT2D eigenvalue weighted by atomic mass is 10.0. The van der Waals surface area contributed by atoms with Crippen LogP contribution in [0.4, 0.5) is 4.79 Å². The highest BCUT2D eigenvalue weighted by molar-refractivity contribution is 5.77. The van der Waals surface area contributed by atoms with Crippen LogP contribution in [0.2, 0.25) is 0 Å². The van der Waals surface area contributed by atoms with Crippen LogP contribution < -0.4 is 10.6 Å². The van der Waals surface area contributed by atoms with Crippen molar-refractivity contribution in [2.45, 2.75) is 12.5 Å². The molecule has 0 aliphatic carbocycles. The van der Waals surface area contributed by atoms with E-state index in [4.69, 9.17) is 9.84 Å². The third-order valence-corrected chi connectivity index (χ3v) is 2.83. The van der Waals surface area contributed by atoms with Gasteiger partial charge >= 0.3 is 12.0 Å². The molecular formula is C10H15N5O4. The number of amides is 2. The predicted octanol–water partition coefficient (Wildman–Crippen LogP) is -1.25. The molecule has 0 saturated carbocycles. The van der Waals surface area contributed by atoms with Crippen molar-refractivity contribution in [2.24, 2.45) is 5.92 Å². The summed E-state index contributed by atoms with van der Waals surface area (Å²) < 4.78 is 5.05. The fraction of sp³-hybridized carbons (Fsp3) is 0.600. The number of carbonyl (C=O) groups excluding carboxylic acids is 1. The number of hydrogen-bond donors (Lipinski definition) is 4. The SMILES string of the molecule is O=C(NCCc1ncn[nH]1)NC1COCC1C(=O)O. The predicted molar refractivity (Wildman–Crippen MR) is 62.4 cm³/mol. The van der Waals surface area contributed by atoms with E-state index in [2.05, 4.69) is 25.8 Å². The largest absolute Gasteiger partial charge is 0.481 e. The number of aliphatic carboxylic acids is 1. The average molecular weight is 269 g/mol. The van der Waals surface area contributed by atoms with Gasteiger partial charge in [-0.15, -0.1) is 0 Å². The summed E-state index contributed by atoms with van der Waals surface area (Å²) in [6.07, 6.45) is 1.92. The van der Waals surface area contributed by atoms with Gasteiger partial charge in [0.2, 0.25) is 0 Å². The van der Waals surface area contributed by atoms with E-state index >= 15 is 0 Å². The third kappa shape index (κ3) is 3.65. The first kappa shape index (κ1) is 13.3. The normalized spacial score (nSPS) is 22.1. The van der Waals surface area contributed by atoms with Gasteiger partial charge in [0.1, 0.15) is 18.1 Å². The lowest BCUT2D eigenvalue weighted by Crippen LogP contribution is -2.47. The average Bonchev–Trinajstić information content (AvgIpc) is 2.99. The maximum Gasteiger partial charge on any atom is 0.315 e. The summed E-state index contributed by atoms with van der Waals surface area (Å²) in [6.45, 7) is 0.719. The monoisotopic (exact) mass is 269 g/mol. The topological polar surface area (TPSA) is 129 Å². The highest BCUT2D eigenvalue weighted by Gasteiger charge is 2.34. The molecule has 2 heterocycles. The molecule has 0 spiro atoms. The number of aromatic amines is 1. The number of aromatic nitrogens is 3. The van der Waals surface area contributed by atoms with E-state index in [0.717, 1.165) is 0 Å². The Morgan fingerprint density at radius 1 is 1.53 bits per heavy atom. The first-order chi connectivity index (χ1) is 9.16. The highest BCUT2D eigenvalue weighted by atomic mass is 16.5. The van der Waals surface area contributed by atoms with Gasteiger partial charge in [0.25, 0.3) is 0 Å². The van der Waals surface area contributed by atoms with Crippen molar-refractivity contribution < 1.29 is 19.4 Å². The van der Waals surface area contributed by atoms with Crippen LogP contribution in [0.3, 0.4) is 0 Å². The first-order valence-electron chi connectivity index (χ1n) is 5.86. The summed E-state index contributed by atoms with van der Waals surface area (Å²) in [4.78, 5) is 26.4. The molecule has 4 N–H and O–H groups in total. The molecule has 9 nitrogen and oxygen atoms in total. The van der Waals surface area contributed by atoms with E-state index in [1.54, 1.807) is 0 Å². The van der Waals surface area contributed by atoms with Gasteiger partial charge in [-0.3, -0.25) is 9.89 Å². The van der Waals surface area contributed by atoms with Crippen LogP contribution in [-0.2, 0) is 16.0 Å². The number of H-pyrrole nitrogens is 1. The second-order valence-electron chi connectivity index (χ2n) is 4.17. The zero-order chi connectivity index (χ0) is 13.7. The summed E-state index contributed by atoms with van der Waals surface area (Å²) in [6, 6.07) is -0.913. The number of rotatable bonds is 5. The number of carboxylic acid groups (broad SMARTS) is 1. The van der Waals surface area contributed by atoms with Crippen LogP contribution in [0.15, 0.2) is 6.33 Å². The van der Waals surface area contributed by atoms with Crippen molar-refractivity contribution >= 4 is 12.0 Å². The van der Waals surface area contributed by atoms with E-state index in [1.165, 1.54) is 6.33 Å². The Balaban J connectivity index is 1.70. The molecule has 2 atom stereocenters. The quantitative estimate of drug-likeness (QED) is 0.528. The molecule has 1 aromatic rings. The van der Waals surface area contributed by atoms with Gasteiger partial charge in [0, 0.05) is 13.0 Å². The first-order valence-corrected chi connectivity index (χ1v) is 5.86. The highest BCUT2D eigenvalue weighted by Crippen LogP contribution is 2.13. The maximum atomic E-state index is 11.6. The number of carboxylic acids is 1. The van der Waals surface area contributed by atoms with Gasteiger partial charge in [0.15, 0.2) is 0 Å². The van der Waals surface area contributed by atoms with Crippen LogP contribution >= 0.6 is 0 Å². The van der Waals surface area contributed by atoms with Gasteiger partial charge in [0.05, 0.1) is 19.3 Å². The van der Waals surface area contributed by atoms with Gasteiger partial charge in [-0.2, -0.15) is 5.10 Å². The molecule has 9 heteroatoms. The molecule has 2 amide bonds. The van der Waals surface area contributed by atoms with Crippen molar-refractivity contribution in [3.63, 3.8) is 0 Å². The minimum atomic E-state index is -0.968. The molecule has 0 aromatic carbocycles. The second kappa shape index (κ2) is 6.14. The van der Waals surface area contributed by atoms with Gasteiger partial charge in [-0.1, -0.05) is 0 Å². The molecule has 1 aliphatic heterocycles. The fourth-order valence-corrected chi connectivity index (χ4v) is 1.81. The Bertz CT molecular complexity index is 435. The van der Waals surface area contributed by atoms with Crippen molar-refractivity contribution in [2.75, 3.05) is 19.8 Å². The molecule has 0 bridgehead atoms. The number of ether oxygens (including phenoxy) is 1. The minimum absolute atomic E-state index is 0.123. The third-order valence-electron chi connectivity index (χ3n) is 2.83. The minimum Gasteiger partial charge on any atom is -0.481 e. The van der Waals surface area contributed by atoms with E-state index in [1.807, 2.05) is 0 Å². The zero-order valence-corrected chi connectivity index (χ0v) is 10.1. The standard InChI is InChI=1S/C10H15N5O4/c16-9(17)6-3-19-4-7(6)14-10(18)11-2-1-8-12-5-13-15-8/h5-7H,1-4H2,(H,16,17)(H2,11,14,18)(H,12,13,15). The number of carbonyl (C=O) groups is 2. The molecule has 1 saturated heterocycles. The second-order valence-corrected chi connectivity index (χ2v) is 4.17. The van der Waals surface area contributed by atoms with Crippen molar-refractivity contribution in [1.29, 1.82) is 0 Å². The Kier molecular flexibility index (Phi) is 4.29. The van der Waals surface area contributed by atoms with Gasteiger partial charge < -0.3 is 20.5 Å².